The number of nitrogens with zero attached hydrogens (tertiary/aromatic N) is 2. The summed E-state index contributed by atoms with van der Waals surface area (Å²) in [5, 5.41) is 0. The Morgan fingerprint density at radius 2 is 1.79 bits per heavy atom. The summed E-state index contributed by atoms with van der Waals surface area (Å²) in [5.41, 5.74) is 1.04. The van der Waals surface area contributed by atoms with Crippen molar-refractivity contribution in [3.63, 3.8) is 0 Å². The van der Waals surface area contributed by atoms with Crippen molar-refractivity contribution in [3.05, 3.63) is 35.7 Å². The van der Waals surface area contributed by atoms with Gasteiger partial charge in [0.15, 0.2) is 9.84 Å². The Morgan fingerprint density at radius 3 is 2.41 bits per heavy atom. The number of Topliss-reactive ketones (excluding diaryl/α,β-unsaturated/α-hetero) is 1. The molecule has 0 radical (unpaired) electrons. The van der Waals surface area contributed by atoms with Gasteiger partial charge in [-0.1, -0.05) is 33.8 Å². The lowest BCUT2D eigenvalue weighted by Crippen LogP contribution is -2.32. The van der Waals surface area contributed by atoms with Crippen molar-refractivity contribution in [1.29, 1.82) is 0 Å². The summed E-state index contributed by atoms with van der Waals surface area (Å²) in [7, 11) is -2.06. The van der Waals surface area contributed by atoms with Gasteiger partial charge in [-0.3, -0.25) is 4.79 Å². The molecule has 0 spiro atoms. The molecular formula is C26H40N2O5S. The first-order chi connectivity index (χ1) is 16.0. The molecule has 34 heavy (non-hydrogen) atoms. The summed E-state index contributed by atoms with van der Waals surface area (Å²) in [4.78, 5) is 19.2. The highest BCUT2D eigenvalue weighted by atomic mass is 32.2. The standard InChI is InChI=1S/C26H40N2O5S/c1-19(2)15-28(16-20(3)4)13-8-7-11-23(29)17-34(30,31)18-25-21(5)33-26(27-25)22-10-9-12-24(14-22)32-6/h9-10,12,14,19-20H,7-8,11,13,15-18H2,1-6H3. The van der Waals surface area contributed by atoms with Crippen LogP contribution in [0.2, 0.25) is 0 Å². The fraction of sp³-hybridized carbons (Fsp3) is 0.615. The zero-order chi connectivity index (χ0) is 25.3. The summed E-state index contributed by atoms with van der Waals surface area (Å²) < 4.78 is 36.2. The Balaban J connectivity index is 1.88. The van der Waals surface area contributed by atoms with Gasteiger partial charge in [0.2, 0.25) is 5.89 Å². The number of benzene rings is 1. The van der Waals surface area contributed by atoms with Crippen LogP contribution in [0.4, 0.5) is 0 Å². The second kappa shape index (κ2) is 13.0. The minimum atomic E-state index is -3.63. The smallest absolute Gasteiger partial charge is 0.226 e. The van der Waals surface area contributed by atoms with Gasteiger partial charge in [0.25, 0.3) is 0 Å². The SMILES string of the molecule is COc1cccc(-c2nc(CS(=O)(=O)CC(=O)CCCCN(CC(C)C)CC(C)C)c(C)o2)c1. The zero-order valence-corrected chi connectivity index (χ0v) is 22.3. The predicted octanol–water partition coefficient (Wildman–Crippen LogP) is 4.93. The van der Waals surface area contributed by atoms with Gasteiger partial charge in [0.1, 0.15) is 23.0 Å². The Kier molecular flexibility index (Phi) is 10.8. The van der Waals surface area contributed by atoms with Gasteiger partial charge in [0, 0.05) is 25.1 Å². The number of ether oxygens (including phenoxy) is 1. The van der Waals surface area contributed by atoms with E-state index in [-0.39, 0.29) is 18.0 Å². The minimum Gasteiger partial charge on any atom is -0.497 e. The van der Waals surface area contributed by atoms with E-state index in [2.05, 4.69) is 37.6 Å². The second-order valence-corrected chi connectivity index (χ2v) is 11.9. The van der Waals surface area contributed by atoms with E-state index in [1.54, 1.807) is 20.1 Å². The number of aromatic nitrogens is 1. The van der Waals surface area contributed by atoms with Gasteiger partial charge in [-0.25, -0.2) is 13.4 Å². The van der Waals surface area contributed by atoms with E-state index in [1.165, 1.54) is 0 Å². The largest absolute Gasteiger partial charge is 0.497 e. The van der Waals surface area contributed by atoms with Crippen LogP contribution in [-0.4, -0.2) is 56.6 Å². The van der Waals surface area contributed by atoms with Crippen LogP contribution < -0.4 is 4.74 Å². The summed E-state index contributed by atoms with van der Waals surface area (Å²) in [6.07, 6.45) is 1.87. The number of carbonyl (C=O) groups is 1. The molecule has 1 aromatic carbocycles. The van der Waals surface area contributed by atoms with Crippen molar-refractivity contribution in [1.82, 2.24) is 9.88 Å². The quantitative estimate of drug-likeness (QED) is 0.326. The third kappa shape index (κ3) is 9.58. The lowest BCUT2D eigenvalue weighted by molar-refractivity contribution is -0.116. The number of oxazole rings is 1. The summed E-state index contributed by atoms with van der Waals surface area (Å²) in [5.74, 6) is 1.59. The molecule has 0 saturated heterocycles. The van der Waals surface area contributed by atoms with Crippen molar-refractivity contribution in [2.45, 2.75) is 59.6 Å². The molecule has 2 aromatic rings. The molecule has 2 rings (SSSR count). The van der Waals surface area contributed by atoms with Gasteiger partial charge in [-0.05, 0) is 56.3 Å². The van der Waals surface area contributed by atoms with Crippen LogP contribution in [0.3, 0.4) is 0 Å². The van der Waals surface area contributed by atoms with Crippen LogP contribution in [-0.2, 0) is 20.4 Å². The predicted molar refractivity (Wildman–Crippen MR) is 136 cm³/mol. The summed E-state index contributed by atoms with van der Waals surface area (Å²) >= 11 is 0. The first-order valence-electron chi connectivity index (χ1n) is 12.0. The van der Waals surface area contributed by atoms with Crippen LogP contribution in [0, 0.1) is 18.8 Å². The summed E-state index contributed by atoms with van der Waals surface area (Å²) in [6.45, 7) is 13.5. The van der Waals surface area contributed by atoms with E-state index in [0.717, 1.165) is 26.1 Å². The fourth-order valence-corrected chi connectivity index (χ4v) is 5.39. The molecule has 0 aliphatic carbocycles. The zero-order valence-electron chi connectivity index (χ0n) is 21.5. The van der Waals surface area contributed by atoms with Crippen LogP contribution in [0.1, 0.15) is 58.4 Å². The molecule has 0 saturated carbocycles. The van der Waals surface area contributed by atoms with E-state index in [0.29, 0.717) is 46.9 Å². The van der Waals surface area contributed by atoms with Crippen LogP contribution in [0.5, 0.6) is 5.75 Å². The Hall–Kier alpha value is -2.19. The van der Waals surface area contributed by atoms with Gasteiger partial charge in [-0.15, -0.1) is 0 Å². The van der Waals surface area contributed by atoms with E-state index in [4.69, 9.17) is 9.15 Å². The number of unbranched alkanes of at least 4 members (excludes halogenated alkanes) is 1. The van der Waals surface area contributed by atoms with Crippen molar-refractivity contribution in [2.75, 3.05) is 32.5 Å². The minimum absolute atomic E-state index is 0.242. The molecule has 8 heteroatoms. The van der Waals surface area contributed by atoms with Crippen LogP contribution in [0.15, 0.2) is 28.7 Å². The van der Waals surface area contributed by atoms with Gasteiger partial charge in [0.05, 0.1) is 18.6 Å². The number of rotatable bonds is 15. The molecule has 190 valence electrons. The number of ketones is 1. The number of hydrogen-bond donors (Lipinski definition) is 0. The van der Waals surface area contributed by atoms with E-state index < -0.39 is 15.6 Å². The lowest BCUT2D eigenvalue weighted by Gasteiger charge is -2.26. The lowest BCUT2D eigenvalue weighted by atomic mass is 10.1. The molecule has 0 atom stereocenters. The monoisotopic (exact) mass is 492 g/mol. The Morgan fingerprint density at radius 1 is 1.12 bits per heavy atom. The number of aryl methyl sites for hydroxylation is 1. The van der Waals surface area contributed by atoms with Gasteiger partial charge < -0.3 is 14.1 Å². The van der Waals surface area contributed by atoms with Gasteiger partial charge >= 0.3 is 0 Å². The van der Waals surface area contributed by atoms with Crippen LogP contribution in [0.25, 0.3) is 11.5 Å². The number of methoxy groups -OCH3 is 1. The topological polar surface area (TPSA) is 89.7 Å². The molecule has 1 aromatic heterocycles. The normalized spacial score (nSPS) is 12.1. The maximum Gasteiger partial charge on any atom is 0.226 e. The Bertz CT molecular complexity index is 1020. The first-order valence-corrected chi connectivity index (χ1v) is 13.9. The summed E-state index contributed by atoms with van der Waals surface area (Å²) in [6, 6.07) is 7.21. The average molecular weight is 493 g/mol. The highest BCUT2D eigenvalue weighted by Gasteiger charge is 2.22. The molecule has 1 heterocycles. The van der Waals surface area contributed by atoms with Crippen molar-refractivity contribution < 1.29 is 22.4 Å². The third-order valence-electron chi connectivity index (χ3n) is 5.37. The molecule has 0 bridgehead atoms. The van der Waals surface area contributed by atoms with Gasteiger partial charge in [-0.2, -0.15) is 0 Å². The average Bonchev–Trinajstić information content (AvgIpc) is 3.09. The molecule has 7 nitrogen and oxygen atoms in total. The second-order valence-electron chi connectivity index (χ2n) is 9.83. The van der Waals surface area contributed by atoms with Crippen molar-refractivity contribution in [3.8, 4) is 17.2 Å². The molecule has 0 N–H and O–H groups in total. The number of carbonyl (C=O) groups excluding carboxylic acids is 1. The first kappa shape index (κ1) is 28.1. The van der Waals surface area contributed by atoms with Crippen molar-refractivity contribution in [2.24, 2.45) is 11.8 Å². The molecular weight excluding hydrogens is 452 g/mol. The molecule has 0 unspecified atom stereocenters. The van der Waals surface area contributed by atoms with E-state index in [9.17, 15) is 13.2 Å². The molecule has 0 amide bonds. The maximum absolute atomic E-state index is 12.7. The Labute approximate surface area is 204 Å². The molecule has 0 aliphatic heterocycles. The number of hydrogen-bond acceptors (Lipinski definition) is 7. The molecule has 0 fully saturated rings. The number of sulfone groups is 1. The van der Waals surface area contributed by atoms with E-state index >= 15 is 0 Å². The highest BCUT2D eigenvalue weighted by molar-refractivity contribution is 7.91. The van der Waals surface area contributed by atoms with Crippen LogP contribution >= 0.6 is 0 Å². The highest BCUT2D eigenvalue weighted by Crippen LogP contribution is 2.26. The van der Waals surface area contributed by atoms with Crippen molar-refractivity contribution >= 4 is 15.6 Å². The fourth-order valence-electron chi connectivity index (χ4n) is 3.97. The molecule has 0 aliphatic rings. The third-order valence-corrected chi connectivity index (χ3v) is 6.85. The van der Waals surface area contributed by atoms with E-state index in [1.807, 2.05) is 18.2 Å². The maximum atomic E-state index is 12.7.